The van der Waals surface area contributed by atoms with E-state index in [1.54, 1.807) is 0 Å². The molecule has 3 aromatic rings. The first-order valence-corrected chi connectivity index (χ1v) is 10.7. The van der Waals surface area contributed by atoms with E-state index >= 15 is 0 Å². The molecule has 4 heteroatoms. The van der Waals surface area contributed by atoms with Crippen LogP contribution >= 0.6 is 12.6 Å². The van der Waals surface area contributed by atoms with Gasteiger partial charge in [0, 0.05) is 30.2 Å². The lowest BCUT2D eigenvalue weighted by molar-refractivity contribution is 0.143. The molecule has 0 spiro atoms. The summed E-state index contributed by atoms with van der Waals surface area (Å²) in [5.74, 6) is 6.97. The predicted octanol–water partition coefficient (Wildman–Crippen LogP) is 5.40. The molecule has 30 heavy (non-hydrogen) atoms. The Hall–Kier alpha value is -3.16. The Bertz CT molecular complexity index is 1070. The van der Waals surface area contributed by atoms with E-state index in [0.29, 0.717) is 25.3 Å². The smallest absolute Gasteiger partial charge is 0.407 e. The van der Waals surface area contributed by atoms with Gasteiger partial charge in [0.15, 0.2) is 0 Å². The van der Waals surface area contributed by atoms with E-state index in [-0.39, 0.29) is 5.92 Å². The van der Waals surface area contributed by atoms with Crippen molar-refractivity contribution < 1.29 is 9.53 Å². The van der Waals surface area contributed by atoms with Gasteiger partial charge in [-0.05, 0) is 39.9 Å². The maximum absolute atomic E-state index is 12.2. The number of nitrogens with one attached hydrogen (secondary N) is 1. The molecule has 0 saturated heterocycles. The lowest BCUT2D eigenvalue weighted by atomic mass is 9.98. The minimum absolute atomic E-state index is 0.0713. The number of rotatable bonds is 5. The van der Waals surface area contributed by atoms with Crippen LogP contribution in [0.5, 0.6) is 0 Å². The quantitative estimate of drug-likeness (QED) is 0.334. The zero-order valence-electron chi connectivity index (χ0n) is 16.6. The number of ether oxygens (including phenoxy) is 1. The number of carbonyl (C=O) groups is 1. The van der Waals surface area contributed by atoms with Crippen molar-refractivity contribution in [2.24, 2.45) is 0 Å². The second kappa shape index (κ2) is 9.56. The molecule has 150 valence electrons. The average molecular weight is 414 g/mol. The van der Waals surface area contributed by atoms with E-state index in [4.69, 9.17) is 4.74 Å². The van der Waals surface area contributed by atoms with Crippen LogP contribution in [-0.4, -0.2) is 19.2 Å². The third-order valence-electron chi connectivity index (χ3n) is 5.21. The molecule has 0 unspecified atom stereocenters. The Morgan fingerprint density at radius 1 is 0.967 bits per heavy atom. The van der Waals surface area contributed by atoms with Crippen molar-refractivity contribution in [2.45, 2.75) is 18.1 Å². The van der Waals surface area contributed by atoms with E-state index in [2.05, 4.69) is 54.1 Å². The summed E-state index contributed by atoms with van der Waals surface area (Å²) >= 11 is 4.28. The van der Waals surface area contributed by atoms with Gasteiger partial charge in [0.1, 0.15) is 6.61 Å². The van der Waals surface area contributed by atoms with Crippen LogP contribution < -0.4 is 5.32 Å². The highest BCUT2D eigenvalue weighted by Crippen LogP contribution is 2.44. The summed E-state index contributed by atoms with van der Waals surface area (Å²) in [7, 11) is 0. The number of hydrogen-bond donors (Lipinski definition) is 2. The van der Waals surface area contributed by atoms with Gasteiger partial charge < -0.3 is 10.1 Å². The molecule has 0 saturated carbocycles. The molecule has 0 aromatic heterocycles. The fourth-order valence-electron chi connectivity index (χ4n) is 3.79. The Labute approximate surface area is 182 Å². The van der Waals surface area contributed by atoms with Gasteiger partial charge in [-0.1, -0.05) is 72.5 Å². The summed E-state index contributed by atoms with van der Waals surface area (Å²) in [6.07, 6.45) is 0.158. The molecular weight excluding hydrogens is 390 g/mol. The molecule has 1 N–H and O–H groups in total. The summed E-state index contributed by atoms with van der Waals surface area (Å²) in [6, 6.07) is 24.6. The van der Waals surface area contributed by atoms with E-state index in [1.807, 2.05) is 48.5 Å². The highest BCUT2D eigenvalue weighted by atomic mass is 32.1. The summed E-state index contributed by atoms with van der Waals surface area (Å²) in [4.78, 5) is 12.2. The molecule has 3 nitrogen and oxygen atoms in total. The van der Waals surface area contributed by atoms with Crippen molar-refractivity contribution in [2.75, 3.05) is 13.2 Å². The zero-order chi connectivity index (χ0) is 20.8. The van der Waals surface area contributed by atoms with Crippen LogP contribution in [0.2, 0.25) is 0 Å². The third kappa shape index (κ3) is 4.53. The standard InChI is InChI=1S/C26H23NO2S/c28-26(27-15-6-5-8-19-9-7-10-20(16-19)18-30)29-17-25-23-13-3-1-11-21(23)22-12-2-4-14-24(22)25/h1-4,7,9-14,16,25,30H,6,15,17-18H2,(H,27,28). The van der Waals surface area contributed by atoms with Crippen LogP contribution in [0.25, 0.3) is 11.1 Å². The fourth-order valence-corrected chi connectivity index (χ4v) is 3.99. The number of carbonyl (C=O) groups excluding carboxylic acids is 1. The molecule has 0 aliphatic heterocycles. The number of benzene rings is 3. The number of hydrogen-bond acceptors (Lipinski definition) is 3. The van der Waals surface area contributed by atoms with Crippen molar-refractivity contribution in [3.05, 3.63) is 95.1 Å². The molecule has 0 radical (unpaired) electrons. The molecule has 0 bridgehead atoms. The zero-order valence-corrected chi connectivity index (χ0v) is 17.5. The highest BCUT2D eigenvalue weighted by Gasteiger charge is 2.28. The second-order valence-electron chi connectivity index (χ2n) is 7.16. The molecule has 3 aromatic carbocycles. The summed E-state index contributed by atoms with van der Waals surface area (Å²) in [5, 5.41) is 2.79. The molecule has 1 amide bonds. The maximum atomic E-state index is 12.2. The summed E-state index contributed by atoms with van der Waals surface area (Å²) < 4.78 is 5.53. The van der Waals surface area contributed by atoms with Crippen LogP contribution in [0.4, 0.5) is 4.79 Å². The normalized spacial score (nSPS) is 11.8. The summed E-state index contributed by atoms with van der Waals surface area (Å²) in [5.41, 5.74) is 6.96. The largest absolute Gasteiger partial charge is 0.449 e. The Balaban J connectivity index is 1.28. The molecule has 0 atom stereocenters. The first kappa shape index (κ1) is 20.1. The molecule has 4 rings (SSSR count). The molecule has 1 aliphatic rings. The minimum atomic E-state index is -0.407. The third-order valence-corrected chi connectivity index (χ3v) is 5.57. The second-order valence-corrected chi connectivity index (χ2v) is 7.48. The van der Waals surface area contributed by atoms with E-state index < -0.39 is 6.09 Å². The van der Waals surface area contributed by atoms with Crippen molar-refractivity contribution in [1.82, 2.24) is 5.32 Å². The van der Waals surface area contributed by atoms with E-state index in [9.17, 15) is 4.79 Å². The molecule has 1 aliphatic carbocycles. The Morgan fingerprint density at radius 2 is 1.67 bits per heavy atom. The van der Waals surface area contributed by atoms with E-state index in [0.717, 1.165) is 11.1 Å². The number of fused-ring (bicyclic) bond motifs is 3. The monoisotopic (exact) mass is 413 g/mol. The minimum Gasteiger partial charge on any atom is -0.449 e. The van der Waals surface area contributed by atoms with E-state index in [1.165, 1.54) is 22.3 Å². The van der Waals surface area contributed by atoms with Crippen LogP contribution in [-0.2, 0) is 10.5 Å². The summed E-state index contributed by atoms with van der Waals surface area (Å²) in [6.45, 7) is 0.776. The topological polar surface area (TPSA) is 38.3 Å². The average Bonchev–Trinajstić information content (AvgIpc) is 3.11. The van der Waals surface area contributed by atoms with Crippen molar-refractivity contribution in [1.29, 1.82) is 0 Å². The van der Waals surface area contributed by atoms with Gasteiger partial charge in [0.05, 0.1) is 0 Å². The van der Waals surface area contributed by atoms with Crippen LogP contribution in [0.1, 0.15) is 34.6 Å². The van der Waals surface area contributed by atoms with Crippen LogP contribution in [0, 0.1) is 11.8 Å². The van der Waals surface area contributed by atoms with Crippen molar-refractivity contribution in [3.8, 4) is 23.0 Å². The number of thiol groups is 1. The van der Waals surface area contributed by atoms with Crippen molar-refractivity contribution in [3.63, 3.8) is 0 Å². The first-order chi connectivity index (χ1) is 14.8. The first-order valence-electron chi connectivity index (χ1n) is 10.0. The number of amides is 1. The Kier molecular flexibility index (Phi) is 6.41. The molecular formula is C26H23NO2S. The number of alkyl carbamates (subject to hydrolysis) is 1. The fraction of sp³-hybridized carbons (Fsp3) is 0.192. The van der Waals surface area contributed by atoms with Gasteiger partial charge in [0.25, 0.3) is 0 Å². The van der Waals surface area contributed by atoms with Gasteiger partial charge in [-0.25, -0.2) is 4.79 Å². The van der Waals surface area contributed by atoms with Crippen LogP contribution in [0.3, 0.4) is 0 Å². The molecule has 0 fully saturated rings. The van der Waals surface area contributed by atoms with Gasteiger partial charge in [-0.2, -0.15) is 12.6 Å². The highest BCUT2D eigenvalue weighted by molar-refractivity contribution is 7.79. The lowest BCUT2D eigenvalue weighted by Gasteiger charge is -2.14. The lowest BCUT2D eigenvalue weighted by Crippen LogP contribution is -2.26. The molecule has 0 heterocycles. The van der Waals surface area contributed by atoms with Gasteiger partial charge in [-0.15, -0.1) is 0 Å². The SMILES string of the molecule is O=C(NCCC#Cc1cccc(CS)c1)OCC1c2ccccc2-c2ccccc21. The van der Waals surface area contributed by atoms with Gasteiger partial charge >= 0.3 is 6.09 Å². The van der Waals surface area contributed by atoms with Crippen molar-refractivity contribution >= 4 is 18.7 Å². The predicted molar refractivity (Wildman–Crippen MR) is 124 cm³/mol. The maximum Gasteiger partial charge on any atom is 0.407 e. The van der Waals surface area contributed by atoms with Gasteiger partial charge in [0.2, 0.25) is 0 Å². The van der Waals surface area contributed by atoms with Crippen LogP contribution in [0.15, 0.2) is 72.8 Å². The van der Waals surface area contributed by atoms with Gasteiger partial charge in [-0.3, -0.25) is 0 Å². The Morgan fingerprint density at radius 3 is 2.37 bits per heavy atom.